The standard InChI is InChI=1S/C28H28N4O6S/c1-4-38-27(34)24-18(3)29-28-31(25(24)20-8-5-17(2)6-9-20)26(33)23(39-28)16-19-7-10-21(22(15-19)32(35)36)30-11-13-37-14-12-30/h5-10,15-16,25H,4,11-14H2,1-3H3/b23-16+/t25-/m0/s1. The molecule has 39 heavy (non-hydrogen) atoms. The van der Waals surface area contributed by atoms with Gasteiger partial charge in [-0.3, -0.25) is 19.5 Å². The molecule has 0 saturated carbocycles. The van der Waals surface area contributed by atoms with Crippen molar-refractivity contribution in [2.24, 2.45) is 4.99 Å². The van der Waals surface area contributed by atoms with Crippen molar-refractivity contribution in [2.45, 2.75) is 26.8 Å². The van der Waals surface area contributed by atoms with Crippen LogP contribution in [0.4, 0.5) is 11.4 Å². The number of aryl methyl sites for hydroxylation is 1. The Kier molecular flexibility index (Phi) is 7.45. The molecule has 11 heteroatoms. The van der Waals surface area contributed by atoms with E-state index in [1.165, 1.54) is 22.0 Å². The van der Waals surface area contributed by atoms with Crippen LogP contribution in [0.5, 0.6) is 0 Å². The number of hydrogen-bond acceptors (Lipinski definition) is 9. The number of allylic oxidation sites excluding steroid dienone is 1. The zero-order valence-corrected chi connectivity index (χ0v) is 22.7. The fraction of sp³-hybridized carbons (Fsp3) is 0.321. The van der Waals surface area contributed by atoms with E-state index in [1.54, 1.807) is 32.1 Å². The van der Waals surface area contributed by atoms with Gasteiger partial charge in [0.05, 0.1) is 46.6 Å². The highest BCUT2D eigenvalue weighted by Gasteiger charge is 2.33. The molecule has 5 rings (SSSR count). The van der Waals surface area contributed by atoms with Gasteiger partial charge in [-0.25, -0.2) is 9.79 Å². The summed E-state index contributed by atoms with van der Waals surface area (Å²) in [4.78, 5) is 45.3. The maximum atomic E-state index is 13.8. The van der Waals surface area contributed by atoms with Crippen molar-refractivity contribution in [1.82, 2.24) is 4.57 Å². The van der Waals surface area contributed by atoms with Crippen molar-refractivity contribution in [2.75, 3.05) is 37.8 Å². The Morgan fingerprint density at radius 1 is 1.21 bits per heavy atom. The van der Waals surface area contributed by atoms with Gasteiger partial charge in [0.25, 0.3) is 11.2 Å². The summed E-state index contributed by atoms with van der Waals surface area (Å²) in [6.45, 7) is 7.78. The van der Waals surface area contributed by atoms with Gasteiger partial charge in [-0.1, -0.05) is 47.2 Å². The predicted molar refractivity (Wildman–Crippen MR) is 148 cm³/mol. The third kappa shape index (κ3) is 5.15. The summed E-state index contributed by atoms with van der Waals surface area (Å²) in [6, 6.07) is 11.9. The number of benzene rings is 2. The maximum absolute atomic E-state index is 13.8. The summed E-state index contributed by atoms with van der Waals surface area (Å²) in [5.41, 5.74) is 3.29. The lowest BCUT2D eigenvalue weighted by molar-refractivity contribution is -0.384. The van der Waals surface area contributed by atoms with Gasteiger partial charge in [0.2, 0.25) is 0 Å². The molecule has 0 bridgehead atoms. The zero-order chi connectivity index (χ0) is 27.7. The third-order valence-electron chi connectivity index (χ3n) is 6.76. The van der Waals surface area contributed by atoms with Gasteiger partial charge in [-0.15, -0.1) is 0 Å². The fourth-order valence-electron chi connectivity index (χ4n) is 4.86. The molecule has 0 aliphatic carbocycles. The van der Waals surface area contributed by atoms with Crippen LogP contribution in [0.15, 0.2) is 63.5 Å². The molecular weight excluding hydrogens is 520 g/mol. The second-order valence-corrected chi connectivity index (χ2v) is 10.3. The van der Waals surface area contributed by atoms with Crippen LogP contribution in [-0.4, -0.2) is 48.4 Å². The molecule has 1 aromatic heterocycles. The summed E-state index contributed by atoms with van der Waals surface area (Å²) in [7, 11) is 0. The lowest BCUT2D eigenvalue weighted by Crippen LogP contribution is -2.39. The number of aromatic nitrogens is 1. The average molecular weight is 549 g/mol. The molecule has 1 saturated heterocycles. The van der Waals surface area contributed by atoms with E-state index in [9.17, 15) is 19.7 Å². The minimum absolute atomic E-state index is 0.0311. The molecule has 0 radical (unpaired) electrons. The fourth-order valence-corrected chi connectivity index (χ4v) is 5.90. The summed E-state index contributed by atoms with van der Waals surface area (Å²) >= 11 is 1.18. The molecule has 0 spiro atoms. The molecule has 1 atom stereocenters. The number of carbonyl (C=O) groups excluding carboxylic acids is 1. The maximum Gasteiger partial charge on any atom is 0.338 e. The Balaban J connectivity index is 1.64. The van der Waals surface area contributed by atoms with E-state index in [-0.39, 0.29) is 17.9 Å². The molecule has 3 aromatic rings. The van der Waals surface area contributed by atoms with E-state index in [0.29, 0.717) is 58.2 Å². The molecule has 202 valence electrons. The first-order chi connectivity index (χ1) is 18.8. The number of nitro benzene ring substituents is 1. The number of nitrogens with zero attached hydrogens (tertiary/aromatic N) is 4. The quantitative estimate of drug-likeness (QED) is 0.264. The number of morpholine rings is 1. The van der Waals surface area contributed by atoms with E-state index >= 15 is 0 Å². The van der Waals surface area contributed by atoms with Crippen LogP contribution in [0.2, 0.25) is 0 Å². The highest BCUT2D eigenvalue weighted by Crippen LogP contribution is 2.32. The summed E-state index contributed by atoms with van der Waals surface area (Å²) in [6.07, 6.45) is 1.63. The topological polar surface area (TPSA) is 116 Å². The Morgan fingerprint density at radius 2 is 1.92 bits per heavy atom. The second-order valence-electron chi connectivity index (χ2n) is 9.32. The SMILES string of the molecule is CCOC(=O)C1=C(C)N=c2s/c(=C/c3ccc(N4CCOCC4)c([N+](=O)[O-])c3)c(=O)n2[C@H]1c1ccc(C)cc1. The van der Waals surface area contributed by atoms with Crippen molar-refractivity contribution >= 4 is 34.8 Å². The van der Waals surface area contributed by atoms with E-state index in [4.69, 9.17) is 9.47 Å². The van der Waals surface area contributed by atoms with Crippen molar-refractivity contribution < 1.29 is 19.2 Å². The number of ether oxygens (including phenoxy) is 2. The summed E-state index contributed by atoms with van der Waals surface area (Å²) < 4.78 is 12.6. The van der Waals surface area contributed by atoms with E-state index in [0.717, 1.165) is 11.1 Å². The molecule has 0 amide bonds. The molecule has 3 heterocycles. The number of anilines is 1. The number of thiazole rings is 1. The Bertz CT molecular complexity index is 1650. The minimum Gasteiger partial charge on any atom is -0.463 e. The molecular formula is C28H28N4O6S. The van der Waals surface area contributed by atoms with Crippen LogP contribution in [-0.2, 0) is 14.3 Å². The summed E-state index contributed by atoms with van der Waals surface area (Å²) in [5.74, 6) is -0.520. The van der Waals surface area contributed by atoms with Gasteiger partial charge in [0.1, 0.15) is 5.69 Å². The number of carbonyl (C=O) groups is 1. The van der Waals surface area contributed by atoms with Crippen molar-refractivity contribution in [3.8, 4) is 0 Å². The lowest BCUT2D eigenvalue weighted by Gasteiger charge is -2.28. The number of esters is 1. The van der Waals surface area contributed by atoms with Gasteiger partial charge in [0, 0.05) is 19.2 Å². The predicted octanol–water partition coefficient (Wildman–Crippen LogP) is 2.85. The zero-order valence-electron chi connectivity index (χ0n) is 21.9. The average Bonchev–Trinajstić information content (AvgIpc) is 3.23. The minimum atomic E-state index is -0.707. The number of hydrogen-bond donors (Lipinski definition) is 0. The van der Waals surface area contributed by atoms with Gasteiger partial charge < -0.3 is 14.4 Å². The third-order valence-corrected chi connectivity index (χ3v) is 7.74. The van der Waals surface area contributed by atoms with Gasteiger partial charge in [-0.2, -0.15) is 0 Å². The first kappa shape index (κ1) is 26.5. The first-order valence-electron chi connectivity index (χ1n) is 12.7. The van der Waals surface area contributed by atoms with Gasteiger partial charge >= 0.3 is 5.97 Å². The molecule has 0 unspecified atom stereocenters. The number of fused-ring (bicyclic) bond motifs is 1. The normalized spacial score (nSPS) is 17.6. The molecule has 1 fully saturated rings. The first-order valence-corrected chi connectivity index (χ1v) is 13.5. The van der Waals surface area contributed by atoms with Crippen LogP contribution in [0.1, 0.15) is 36.6 Å². The molecule has 2 aliphatic heterocycles. The lowest BCUT2D eigenvalue weighted by atomic mass is 9.95. The highest BCUT2D eigenvalue weighted by molar-refractivity contribution is 7.07. The monoisotopic (exact) mass is 548 g/mol. The second kappa shape index (κ2) is 11.0. The largest absolute Gasteiger partial charge is 0.463 e. The number of rotatable bonds is 6. The van der Waals surface area contributed by atoms with Crippen LogP contribution in [0.25, 0.3) is 6.08 Å². The van der Waals surface area contributed by atoms with E-state index in [1.807, 2.05) is 36.1 Å². The van der Waals surface area contributed by atoms with Crippen molar-refractivity contribution in [3.63, 3.8) is 0 Å². The Morgan fingerprint density at radius 3 is 2.59 bits per heavy atom. The summed E-state index contributed by atoms with van der Waals surface area (Å²) in [5, 5.41) is 11.9. The van der Waals surface area contributed by atoms with Crippen LogP contribution in [0, 0.1) is 17.0 Å². The van der Waals surface area contributed by atoms with Crippen LogP contribution < -0.4 is 19.8 Å². The van der Waals surface area contributed by atoms with Crippen LogP contribution >= 0.6 is 11.3 Å². The smallest absolute Gasteiger partial charge is 0.338 e. The van der Waals surface area contributed by atoms with E-state index < -0.39 is 16.9 Å². The Hall–Kier alpha value is -4.09. The van der Waals surface area contributed by atoms with E-state index in [2.05, 4.69) is 4.99 Å². The Labute approximate surface area is 228 Å². The molecule has 0 N–H and O–H groups in total. The molecule has 2 aliphatic rings. The van der Waals surface area contributed by atoms with Crippen molar-refractivity contribution in [1.29, 1.82) is 0 Å². The van der Waals surface area contributed by atoms with Crippen molar-refractivity contribution in [3.05, 3.63) is 100 Å². The number of nitro groups is 1. The molecule has 10 nitrogen and oxygen atoms in total. The van der Waals surface area contributed by atoms with Gasteiger partial charge in [0.15, 0.2) is 4.80 Å². The van der Waals surface area contributed by atoms with Crippen LogP contribution in [0.3, 0.4) is 0 Å². The highest BCUT2D eigenvalue weighted by atomic mass is 32.1. The molecule has 2 aromatic carbocycles. The van der Waals surface area contributed by atoms with Gasteiger partial charge in [-0.05, 0) is 44.0 Å².